The second kappa shape index (κ2) is 6.23. The molecule has 3 rings (SSSR count). The van der Waals surface area contributed by atoms with Gasteiger partial charge in [-0.1, -0.05) is 54.6 Å². The van der Waals surface area contributed by atoms with E-state index in [0.717, 1.165) is 4.90 Å². The van der Waals surface area contributed by atoms with Crippen molar-refractivity contribution in [1.29, 1.82) is 0 Å². The molecule has 0 fully saturated rings. The smallest absolute Gasteiger partial charge is 0.261 e. The Hall–Kier alpha value is -2.43. The molecule has 4 nitrogen and oxygen atoms in total. The Labute approximate surface area is 149 Å². The van der Waals surface area contributed by atoms with Crippen molar-refractivity contribution in [3.63, 3.8) is 0 Å². The summed E-state index contributed by atoms with van der Waals surface area (Å²) in [6.45, 7) is 7.37. The first-order chi connectivity index (χ1) is 11.4. The van der Waals surface area contributed by atoms with Crippen LogP contribution in [-0.4, -0.2) is 21.7 Å². The van der Waals surface area contributed by atoms with Crippen LogP contribution in [0.2, 0.25) is 5.15 Å². The zero-order chi connectivity index (χ0) is 17.4. The van der Waals surface area contributed by atoms with Crippen molar-refractivity contribution in [2.75, 3.05) is 0 Å². The predicted octanol–water partition coefficient (Wildman–Crippen LogP) is 4.38. The van der Waals surface area contributed by atoms with Crippen LogP contribution >= 0.6 is 23.2 Å². The van der Waals surface area contributed by atoms with Gasteiger partial charge in [-0.05, 0) is 18.2 Å². The van der Waals surface area contributed by atoms with Gasteiger partial charge in [0.25, 0.3) is 11.8 Å². The molecule has 1 aromatic heterocycles. The first-order valence-corrected chi connectivity index (χ1v) is 7.81. The van der Waals surface area contributed by atoms with E-state index in [4.69, 9.17) is 23.2 Å². The molecule has 0 radical (unpaired) electrons. The van der Waals surface area contributed by atoms with Crippen molar-refractivity contribution < 1.29 is 9.59 Å². The number of imide groups is 1. The zero-order valence-corrected chi connectivity index (χ0v) is 14.1. The van der Waals surface area contributed by atoms with Gasteiger partial charge >= 0.3 is 0 Å². The minimum atomic E-state index is -0.349. The minimum Gasteiger partial charge on any atom is -0.270 e. The van der Waals surface area contributed by atoms with Gasteiger partial charge in [-0.25, -0.2) is 4.98 Å². The first kappa shape index (κ1) is 16.4. The largest absolute Gasteiger partial charge is 0.270 e. The highest BCUT2D eigenvalue weighted by Gasteiger charge is 2.35. The number of aromatic nitrogens is 1. The molecule has 2 amide bonds. The molecular weight excluding hydrogens is 347 g/mol. The number of fused-ring (bicyclic) bond motifs is 1. The molecule has 0 bridgehead atoms. The molecule has 0 spiro atoms. The highest BCUT2D eigenvalue weighted by Crippen LogP contribution is 2.29. The lowest BCUT2D eigenvalue weighted by molar-refractivity contribution is 0.0642. The summed E-state index contributed by atoms with van der Waals surface area (Å²) in [6.07, 6.45) is 1.57. The highest BCUT2D eigenvalue weighted by molar-refractivity contribution is 6.48. The summed E-state index contributed by atoms with van der Waals surface area (Å²) in [7, 11) is 0. The summed E-state index contributed by atoms with van der Waals surface area (Å²) in [6, 6.07) is 8.41. The molecule has 0 saturated heterocycles. The number of carbonyl (C=O) groups is 2. The van der Waals surface area contributed by atoms with E-state index in [1.54, 1.807) is 36.4 Å². The van der Waals surface area contributed by atoms with E-state index in [0.29, 0.717) is 27.9 Å². The van der Waals surface area contributed by atoms with E-state index < -0.39 is 0 Å². The van der Waals surface area contributed by atoms with Crippen molar-refractivity contribution >= 4 is 46.1 Å². The number of halogens is 2. The normalized spacial score (nSPS) is 13.2. The van der Waals surface area contributed by atoms with Crippen molar-refractivity contribution in [1.82, 2.24) is 9.88 Å². The van der Waals surface area contributed by atoms with Crippen LogP contribution in [-0.2, 0) is 6.54 Å². The zero-order valence-electron chi connectivity index (χ0n) is 12.6. The third-order valence-corrected chi connectivity index (χ3v) is 4.27. The SMILES string of the molecule is C=Cc1cc(CN2C(=O)c3ccccc3C2=O)c(Cl)nc1C(=C)Cl. The molecule has 0 unspecified atom stereocenters. The van der Waals surface area contributed by atoms with Gasteiger partial charge in [0.05, 0.1) is 28.4 Å². The predicted molar refractivity (Wildman–Crippen MR) is 94.9 cm³/mol. The van der Waals surface area contributed by atoms with E-state index in [2.05, 4.69) is 18.1 Å². The van der Waals surface area contributed by atoms with Crippen molar-refractivity contribution in [3.05, 3.63) is 76.6 Å². The summed E-state index contributed by atoms with van der Waals surface area (Å²) in [4.78, 5) is 30.2. The van der Waals surface area contributed by atoms with Crippen molar-refractivity contribution in [3.8, 4) is 0 Å². The van der Waals surface area contributed by atoms with Crippen LogP contribution in [0.3, 0.4) is 0 Å². The molecule has 1 aliphatic rings. The van der Waals surface area contributed by atoms with E-state index in [9.17, 15) is 9.59 Å². The molecule has 0 saturated carbocycles. The number of rotatable bonds is 4. The number of nitrogens with zero attached hydrogens (tertiary/aromatic N) is 2. The van der Waals surface area contributed by atoms with Gasteiger partial charge in [-0.3, -0.25) is 14.5 Å². The van der Waals surface area contributed by atoms with Gasteiger partial charge < -0.3 is 0 Å². The van der Waals surface area contributed by atoms with Crippen LogP contribution in [0.4, 0.5) is 0 Å². The number of amides is 2. The topological polar surface area (TPSA) is 50.3 Å². The highest BCUT2D eigenvalue weighted by atomic mass is 35.5. The quantitative estimate of drug-likeness (QED) is 0.601. The number of benzene rings is 1. The standard InChI is InChI=1S/C18H12Cl2N2O2/c1-3-11-8-12(16(20)21-15(11)10(2)19)9-22-17(23)13-6-4-5-7-14(13)18(22)24/h3-8H,1-2,9H2. The average Bonchev–Trinajstić information content (AvgIpc) is 2.81. The van der Waals surface area contributed by atoms with Gasteiger partial charge in [-0.15, -0.1) is 0 Å². The van der Waals surface area contributed by atoms with Gasteiger partial charge in [0.15, 0.2) is 0 Å². The van der Waals surface area contributed by atoms with E-state index in [-0.39, 0.29) is 28.5 Å². The maximum absolute atomic E-state index is 12.4. The summed E-state index contributed by atoms with van der Waals surface area (Å²) in [5, 5.41) is 0.396. The Morgan fingerprint density at radius 3 is 2.29 bits per heavy atom. The fourth-order valence-corrected chi connectivity index (χ4v) is 2.94. The van der Waals surface area contributed by atoms with Crippen molar-refractivity contribution in [2.45, 2.75) is 6.54 Å². The monoisotopic (exact) mass is 358 g/mol. The van der Waals surface area contributed by atoms with Crippen LogP contribution in [0.5, 0.6) is 0 Å². The molecule has 2 aromatic rings. The van der Waals surface area contributed by atoms with Crippen LogP contribution in [0, 0.1) is 0 Å². The second-order valence-electron chi connectivity index (χ2n) is 5.23. The van der Waals surface area contributed by atoms with E-state index in [1.165, 1.54) is 0 Å². The van der Waals surface area contributed by atoms with Gasteiger partial charge in [0.2, 0.25) is 0 Å². The first-order valence-electron chi connectivity index (χ1n) is 7.06. The molecular formula is C18H12Cl2N2O2. The minimum absolute atomic E-state index is 0.0219. The lowest BCUT2D eigenvalue weighted by Gasteiger charge is -2.16. The lowest BCUT2D eigenvalue weighted by atomic mass is 10.1. The fourth-order valence-electron chi connectivity index (χ4n) is 2.59. The number of hydrogen-bond donors (Lipinski definition) is 0. The molecule has 0 aliphatic carbocycles. The molecule has 0 N–H and O–H groups in total. The maximum Gasteiger partial charge on any atom is 0.261 e. The molecule has 0 atom stereocenters. The lowest BCUT2D eigenvalue weighted by Crippen LogP contribution is -2.29. The third-order valence-electron chi connectivity index (χ3n) is 3.76. The van der Waals surface area contributed by atoms with Gasteiger partial charge in [-0.2, -0.15) is 0 Å². The molecule has 1 aliphatic heterocycles. The van der Waals surface area contributed by atoms with Gasteiger partial charge in [0.1, 0.15) is 5.15 Å². The summed E-state index contributed by atoms with van der Waals surface area (Å²) in [5.74, 6) is -0.699. The Kier molecular flexibility index (Phi) is 4.26. The molecule has 24 heavy (non-hydrogen) atoms. The maximum atomic E-state index is 12.4. The average molecular weight is 359 g/mol. The Bertz CT molecular complexity index is 871. The summed E-state index contributed by atoms with van der Waals surface area (Å²) in [5.41, 5.74) is 2.36. The van der Waals surface area contributed by atoms with Crippen LogP contribution in [0.1, 0.15) is 37.5 Å². The number of pyridine rings is 1. The van der Waals surface area contributed by atoms with Crippen LogP contribution in [0.25, 0.3) is 11.1 Å². The van der Waals surface area contributed by atoms with Crippen molar-refractivity contribution in [2.24, 2.45) is 0 Å². The molecule has 2 heterocycles. The van der Waals surface area contributed by atoms with E-state index >= 15 is 0 Å². The molecule has 120 valence electrons. The van der Waals surface area contributed by atoms with E-state index in [1.807, 2.05) is 0 Å². The second-order valence-corrected chi connectivity index (χ2v) is 6.04. The summed E-state index contributed by atoms with van der Waals surface area (Å²) < 4.78 is 0. The van der Waals surface area contributed by atoms with Crippen LogP contribution < -0.4 is 0 Å². The molecule has 6 heteroatoms. The number of hydrogen-bond acceptors (Lipinski definition) is 3. The third kappa shape index (κ3) is 2.64. The fraction of sp³-hybridized carbons (Fsp3) is 0.0556. The molecule has 1 aromatic carbocycles. The Balaban J connectivity index is 1.98. The Morgan fingerprint density at radius 1 is 1.21 bits per heavy atom. The van der Waals surface area contributed by atoms with Gasteiger partial charge in [0, 0.05) is 11.1 Å². The summed E-state index contributed by atoms with van der Waals surface area (Å²) >= 11 is 12.1. The Morgan fingerprint density at radius 2 is 1.79 bits per heavy atom. The number of carbonyl (C=O) groups excluding carboxylic acids is 2. The van der Waals surface area contributed by atoms with Crippen LogP contribution in [0.15, 0.2) is 43.5 Å².